The Hall–Kier alpha value is -1.81. The van der Waals surface area contributed by atoms with Crippen molar-refractivity contribution in [3.8, 4) is 0 Å². The van der Waals surface area contributed by atoms with Crippen LogP contribution in [0.3, 0.4) is 0 Å². The summed E-state index contributed by atoms with van der Waals surface area (Å²) in [7, 11) is 0. The van der Waals surface area contributed by atoms with Gasteiger partial charge < -0.3 is 10.6 Å². The molecule has 112 valence electrons. The molecular weight excluding hydrogens is 284 g/mol. The van der Waals surface area contributed by atoms with E-state index in [0.29, 0.717) is 5.95 Å². The van der Waals surface area contributed by atoms with Crippen molar-refractivity contribution in [2.24, 2.45) is 0 Å². The van der Waals surface area contributed by atoms with Gasteiger partial charge in [0.15, 0.2) is 0 Å². The molecule has 5 heteroatoms. The second-order valence-corrected chi connectivity index (χ2v) is 6.38. The number of anilines is 2. The second kappa shape index (κ2) is 6.76. The lowest BCUT2D eigenvalue weighted by atomic mass is 10.1. The molecule has 2 rings (SSSR count). The molecule has 0 aliphatic carbocycles. The Balaban J connectivity index is 1.88. The minimum atomic E-state index is -0.0536. The van der Waals surface area contributed by atoms with E-state index in [1.807, 2.05) is 30.3 Å². The van der Waals surface area contributed by atoms with E-state index in [1.165, 1.54) is 5.56 Å². The zero-order chi connectivity index (χ0) is 15.3. The molecule has 2 aromatic rings. The molecule has 0 aliphatic heterocycles. The van der Waals surface area contributed by atoms with Crippen molar-refractivity contribution < 1.29 is 0 Å². The largest absolute Gasteiger partial charge is 0.370 e. The summed E-state index contributed by atoms with van der Waals surface area (Å²) in [5, 5.41) is 7.33. The topological polar surface area (TPSA) is 49.8 Å². The van der Waals surface area contributed by atoms with Crippen molar-refractivity contribution >= 4 is 23.4 Å². The number of rotatable bonds is 5. The number of hydrogen-bond acceptors (Lipinski definition) is 4. The molecule has 1 heterocycles. The Labute approximate surface area is 131 Å². The fraction of sp³-hybridized carbons (Fsp3) is 0.375. The van der Waals surface area contributed by atoms with Gasteiger partial charge in [0.2, 0.25) is 5.95 Å². The summed E-state index contributed by atoms with van der Waals surface area (Å²) >= 11 is 5.87. The lowest BCUT2D eigenvalue weighted by Crippen LogP contribution is -2.27. The van der Waals surface area contributed by atoms with Gasteiger partial charge in [-0.3, -0.25) is 0 Å². The molecule has 2 N–H and O–H groups in total. The molecule has 0 spiro atoms. The first-order valence-corrected chi connectivity index (χ1v) is 7.40. The average molecular weight is 305 g/mol. The maximum Gasteiger partial charge on any atom is 0.224 e. The van der Waals surface area contributed by atoms with E-state index >= 15 is 0 Å². The minimum Gasteiger partial charge on any atom is -0.370 e. The van der Waals surface area contributed by atoms with Crippen LogP contribution in [0.4, 0.5) is 11.8 Å². The molecule has 21 heavy (non-hydrogen) atoms. The predicted molar refractivity (Wildman–Crippen MR) is 89.1 cm³/mol. The van der Waals surface area contributed by atoms with Gasteiger partial charge in [-0.1, -0.05) is 23.7 Å². The van der Waals surface area contributed by atoms with Crippen LogP contribution in [0.25, 0.3) is 0 Å². The fourth-order valence-electron chi connectivity index (χ4n) is 1.84. The lowest BCUT2D eigenvalue weighted by Gasteiger charge is -2.20. The first kappa shape index (κ1) is 15.6. The molecular formula is C16H21ClN4. The summed E-state index contributed by atoms with van der Waals surface area (Å²) in [5.74, 6) is 1.46. The maximum absolute atomic E-state index is 5.87. The highest BCUT2D eigenvalue weighted by atomic mass is 35.5. The first-order chi connectivity index (χ1) is 9.92. The van der Waals surface area contributed by atoms with Crippen molar-refractivity contribution in [3.05, 3.63) is 47.1 Å². The van der Waals surface area contributed by atoms with Crippen LogP contribution >= 0.6 is 11.6 Å². The highest BCUT2D eigenvalue weighted by Gasteiger charge is 2.11. The van der Waals surface area contributed by atoms with E-state index in [0.717, 1.165) is 23.8 Å². The Morgan fingerprint density at radius 1 is 1.10 bits per heavy atom. The molecule has 1 aromatic heterocycles. The van der Waals surface area contributed by atoms with Crippen LogP contribution in [0, 0.1) is 0 Å². The Morgan fingerprint density at radius 2 is 1.81 bits per heavy atom. The van der Waals surface area contributed by atoms with Crippen molar-refractivity contribution in [1.29, 1.82) is 0 Å². The maximum atomic E-state index is 5.87. The summed E-state index contributed by atoms with van der Waals surface area (Å²) in [6, 6.07) is 9.77. The average Bonchev–Trinajstić information content (AvgIpc) is 2.39. The van der Waals surface area contributed by atoms with Gasteiger partial charge >= 0.3 is 0 Å². The zero-order valence-electron chi connectivity index (χ0n) is 12.7. The molecule has 1 aromatic carbocycles. The predicted octanol–water partition coefficient (Wildman–Crippen LogP) is 4.00. The van der Waals surface area contributed by atoms with Crippen molar-refractivity contribution in [1.82, 2.24) is 9.97 Å². The van der Waals surface area contributed by atoms with Gasteiger partial charge in [0, 0.05) is 23.3 Å². The molecule has 4 nitrogen and oxygen atoms in total. The normalized spacial score (nSPS) is 11.2. The van der Waals surface area contributed by atoms with Gasteiger partial charge in [-0.05, 0) is 51.0 Å². The molecule has 0 unspecified atom stereocenters. The van der Waals surface area contributed by atoms with Gasteiger partial charge in [0.1, 0.15) is 5.82 Å². The third kappa shape index (κ3) is 5.60. The first-order valence-electron chi connectivity index (χ1n) is 7.02. The van der Waals surface area contributed by atoms with Gasteiger partial charge in [-0.25, -0.2) is 4.98 Å². The van der Waals surface area contributed by atoms with E-state index in [-0.39, 0.29) is 5.54 Å². The molecule has 0 fully saturated rings. The third-order valence-corrected chi connectivity index (χ3v) is 3.03. The third-order valence-electron chi connectivity index (χ3n) is 2.78. The van der Waals surface area contributed by atoms with Crippen molar-refractivity contribution in [2.75, 3.05) is 17.2 Å². The lowest BCUT2D eigenvalue weighted by molar-refractivity contribution is 0.626. The van der Waals surface area contributed by atoms with E-state index in [2.05, 4.69) is 41.4 Å². The number of aromatic nitrogens is 2. The fourth-order valence-corrected chi connectivity index (χ4v) is 1.96. The quantitative estimate of drug-likeness (QED) is 0.877. The van der Waals surface area contributed by atoms with Crippen LogP contribution in [-0.4, -0.2) is 22.1 Å². The number of nitrogens with one attached hydrogen (secondary N) is 2. The number of halogens is 1. The molecule has 0 radical (unpaired) electrons. The Morgan fingerprint density at radius 3 is 2.48 bits per heavy atom. The highest BCUT2D eigenvalue weighted by Crippen LogP contribution is 2.13. The van der Waals surface area contributed by atoms with Crippen LogP contribution in [0.5, 0.6) is 0 Å². The van der Waals surface area contributed by atoms with Crippen LogP contribution in [0.15, 0.2) is 36.5 Å². The number of benzene rings is 1. The van der Waals surface area contributed by atoms with E-state index < -0.39 is 0 Å². The molecule has 0 amide bonds. The second-order valence-electron chi connectivity index (χ2n) is 5.94. The minimum absolute atomic E-state index is 0.0536. The van der Waals surface area contributed by atoms with Crippen LogP contribution < -0.4 is 10.6 Å². The van der Waals surface area contributed by atoms with E-state index in [9.17, 15) is 0 Å². The van der Waals surface area contributed by atoms with Crippen molar-refractivity contribution in [2.45, 2.75) is 32.7 Å². The van der Waals surface area contributed by atoms with Gasteiger partial charge in [-0.15, -0.1) is 0 Å². The molecule has 0 saturated carbocycles. The van der Waals surface area contributed by atoms with Crippen LogP contribution in [-0.2, 0) is 6.42 Å². The van der Waals surface area contributed by atoms with Gasteiger partial charge in [0.25, 0.3) is 0 Å². The summed E-state index contributed by atoms with van der Waals surface area (Å²) in [5.41, 5.74) is 1.19. The monoisotopic (exact) mass is 304 g/mol. The van der Waals surface area contributed by atoms with Crippen molar-refractivity contribution in [3.63, 3.8) is 0 Å². The highest BCUT2D eigenvalue weighted by molar-refractivity contribution is 6.30. The Kier molecular flexibility index (Phi) is 5.02. The molecule has 0 saturated heterocycles. The summed E-state index contributed by atoms with van der Waals surface area (Å²) in [6.45, 7) is 7.05. The SMILES string of the molecule is CC(C)(C)Nc1nccc(NCCc2ccc(Cl)cc2)n1. The zero-order valence-corrected chi connectivity index (χ0v) is 13.4. The smallest absolute Gasteiger partial charge is 0.224 e. The number of nitrogens with zero attached hydrogens (tertiary/aromatic N) is 2. The molecule has 0 atom stereocenters. The summed E-state index contributed by atoms with van der Waals surface area (Å²) in [6.07, 6.45) is 2.68. The summed E-state index contributed by atoms with van der Waals surface area (Å²) < 4.78 is 0. The molecule has 0 aliphatic rings. The number of hydrogen-bond donors (Lipinski definition) is 2. The van der Waals surface area contributed by atoms with E-state index in [4.69, 9.17) is 11.6 Å². The van der Waals surface area contributed by atoms with Crippen LogP contribution in [0.2, 0.25) is 5.02 Å². The molecule has 0 bridgehead atoms. The standard InChI is InChI=1S/C16H21ClN4/c1-16(2,3)21-15-19-11-9-14(20-15)18-10-8-12-4-6-13(17)7-5-12/h4-7,9,11H,8,10H2,1-3H3,(H2,18,19,20,21). The Bertz CT molecular complexity index is 576. The summed E-state index contributed by atoms with van der Waals surface area (Å²) in [4.78, 5) is 8.67. The van der Waals surface area contributed by atoms with Gasteiger partial charge in [-0.2, -0.15) is 4.98 Å². The van der Waals surface area contributed by atoms with Gasteiger partial charge in [0.05, 0.1) is 0 Å². The van der Waals surface area contributed by atoms with E-state index in [1.54, 1.807) is 6.20 Å². The van der Waals surface area contributed by atoms with Crippen LogP contribution in [0.1, 0.15) is 26.3 Å².